The van der Waals surface area contributed by atoms with Crippen molar-refractivity contribution in [2.24, 2.45) is 0 Å². The molecule has 3 atom stereocenters. The van der Waals surface area contributed by atoms with Crippen LogP contribution in [-0.4, -0.2) is 58.9 Å². The van der Waals surface area contributed by atoms with E-state index in [1.165, 1.54) is 15.7 Å². The zero-order valence-electron chi connectivity index (χ0n) is 17.5. The molecule has 9 heteroatoms. The SMILES string of the molecule is Cc1cn([C@H]2[C@H]([Se]c3ccccc3)C[C@@H](CO)N2C(=O)OC(C)(C)C)c(=O)[nH]c1=O. The maximum atomic E-state index is 13.1. The Hall–Kier alpha value is -2.35. The molecule has 0 saturated carbocycles. The number of carbonyl (C=O) groups excluding carboxylic acids is 1. The number of aliphatic hydroxyl groups excluding tert-OH is 1. The molecule has 162 valence electrons. The summed E-state index contributed by atoms with van der Waals surface area (Å²) in [6.07, 6.45) is 0.755. The zero-order valence-corrected chi connectivity index (χ0v) is 19.2. The average molecular weight is 480 g/mol. The van der Waals surface area contributed by atoms with Gasteiger partial charge in [0.25, 0.3) is 0 Å². The summed E-state index contributed by atoms with van der Waals surface area (Å²) in [7, 11) is 0. The van der Waals surface area contributed by atoms with Crippen LogP contribution >= 0.6 is 0 Å². The number of aliphatic hydroxyl groups is 1. The van der Waals surface area contributed by atoms with E-state index < -0.39 is 35.2 Å². The molecular formula is C21H27N3O5Se. The van der Waals surface area contributed by atoms with Gasteiger partial charge in [-0.2, -0.15) is 0 Å². The van der Waals surface area contributed by atoms with Crippen LogP contribution in [0.3, 0.4) is 0 Å². The number of benzene rings is 1. The van der Waals surface area contributed by atoms with Crippen LogP contribution in [0.5, 0.6) is 0 Å². The number of nitrogens with one attached hydrogen (secondary N) is 1. The topological polar surface area (TPSA) is 105 Å². The predicted molar refractivity (Wildman–Crippen MR) is 114 cm³/mol. The van der Waals surface area contributed by atoms with Crippen molar-refractivity contribution >= 4 is 25.5 Å². The second kappa shape index (κ2) is 8.79. The first-order chi connectivity index (χ1) is 14.1. The minimum atomic E-state index is -0.726. The number of likely N-dealkylation sites (tertiary alicyclic amines) is 1. The number of amides is 1. The van der Waals surface area contributed by atoms with Crippen LogP contribution in [0.2, 0.25) is 4.82 Å². The van der Waals surface area contributed by atoms with Gasteiger partial charge in [-0.3, -0.25) is 0 Å². The summed E-state index contributed by atoms with van der Waals surface area (Å²) in [6.45, 7) is 6.68. The van der Waals surface area contributed by atoms with Crippen molar-refractivity contribution < 1.29 is 14.6 Å². The molecule has 0 radical (unpaired) electrons. The fourth-order valence-corrected chi connectivity index (χ4v) is 6.38. The zero-order chi connectivity index (χ0) is 22.1. The van der Waals surface area contributed by atoms with Crippen LogP contribution in [0.15, 0.2) is 46.1 Å². The molecule has 1 aliphatic heterocycles. The Morgan fingerprint density at radius 3 is 2.53 bits per heavy atom. The van der Waals surface area contributed by atoms with E-state index in [1.807, 2.05) is 30.3 Å². The first-order valence-corrected chi connectivity index (χ1v) is 11.6. The van der Waals surface area contributed by atoms with E-state index in [0.29, 0.717) is 12.0 Å². The van der Waals surface area contributed by atoms with E-state index >= 15 is 0 Å². The number of H-pyrrole nitrogens is 1. The number of aromatic amines is 1. The Kier molecular flexibility index (Phi) is 6.55. The van der Waals surface area contributed by atoms with Gasteiger partial charge in [-0.1, -0.05) is 0 Å². The minimum absolute atomic E-state index is 0.0837. The van der Waals surface area contributed by atoms with E-state index in [0.717, 1.165) is 4.46 Å². The Labute approximate surface area is 181 Å². The molecule has 1 fully saturated rings. The number of rotatable bonds is 4. The van der Waals surface area contributed by atoms with Gasteiger partial charge >= 0.3 is 181 Å². The van der Waals surface area contributed by atoms with Crippen LogP contribution in [0.4, 0.5) is 4.79 Å². The third-order valence-corrected chi connectivity index (χ3v) is 7.48. The molecule has 1 aromatic heterocycles. The van der Waals surface area contributed by atoms with Crippen molar-refractivity contribution in [1.82, 2.24) is 14.5 Å². The van der Waals surface area contributed by atoms with E-state index in [9.17, 15) is 19.5 Å². The number of carbonyl (C=O) groups is 1. The van der Waals surface area contributed by atoms with Crippen molar-refractivity contribution in [3.05, 3.63) is 62.9 Å². The normalized spacial score (nSPS) is 21.6. The van der Waals surface area contributed by atoms with Crippen molar-refractivity contribution in [2.45, 2.75) is 56.7 Å². The molecule has 0 unspecified atom stereocenters. The summed E-state index contributed by atoms with van der Waals surface area (Å²) in [5.74, 6) is 0. The van der Waals surface area contributed by atoms with Crippen molar-refractivity contribution in [3.8, 4) is 0 Å². The summed E-state index contributed by atoms with van der Waals surface area (Å²) in [5.41, 5.74) is -1.40. The van der Waals surface area contributed by atoms with Crippen LogP contribution in [0.1, 0.15) is 38.9 Å². The predicted octanol–water partition coefficient (Wildman–Crippen LogP) is 1.16. The fraction of sp³-hybridized carbons (Fsp3) is 0.476. The molecule has 8 nitrogen and oxygen atoms in total. The standard InChI is InChI=1S/C21H27N3O5Se/c1-13-11-23(19(27)22-17(13)26)18-16(30-15-8-6-5-7-9-15)10-14(12-25)24(18)20(28)29-21(2,3)4/h5-9,11,14,16,18,25H,10,12H2,1-4H3,(H,22,26,27)/t14-,16+,18+/m0/s1. The molecule has 0 spiro atoms. The summed E-state index contributed by atoms with van der Waals surface area (Å²) in [4.78, 5) is 41.4. The Morgan fingerprint density at radius 1 is 1.27 bits per heavy atom. The number of aromatic nitrogens is 2. The van der Waals surface area contributed by atoms with Crippen LogP contribution in [-0.2, 0) is 4.74 Å². The number of hydrogen-bond acceptors (Lipinski definition) is 5. The first-order valence-electron chi connectivity index (χ1n) is 9.76. The Balaban J connectivity index is 2.08. The molecule has 1 amide bonds. The third-order valence-electron chi connectivity index (χ3n) is 4.79. The fourth-order valence-electron chi connectivity index (χ4n) is 3.51. The third kappa shape index (κ3) is 4.86. The van der Waals surface area contributed by atoms with Crippen molar-refractivity contribution in [1.29, 1.82) is 0 Å². The van der Waals surface area contributed by atoms with Gasteiger partial charge in [0, 0.05) is 0 Å². The second-order valence-corrected chi connectivity index (χ2v) is 11.1. The molecule has 2 heterocycles. The Bertz CT molecular complexity index is 1010. The van der Waals surface area contributed by atoms with Gasteiger partial charge in [0.15, 0.2) is 0 Å². The van der Waals surface area contributed by atoms with Crippen LogP contribution in [0, 0.1) is 6.92 Å². The van der Waals surface area contributed by atoms with E-state index in [4.69, 9.17) is 4.74 Å². The van der Waals surface area contributed by atoms with Gasteiger partial charge in [-0.05, 0) is 0 Å². The van der Waals surface area contributed by atoms with Crippen LogP contribution < -0.4 is 15.7 Å². The molecule has 1 saturated heterocycles. The maximum absolute atomic E-state index is 13.1. The van der Waals surface area contributed by atoms with Crippen molar-refractivity contribution in [3.63, 3.8) is 0 Å². The van der Waals surface area contributed by atoms with E-state index in [1.54, 1.807) is 27.7 Å². The van der Waals surface area contributed by atoms with E-state index in [-0.39, 0.29) is 26.4 Å². The van der Waals surface area contributed by atoms with Gasteiger partial charge in [-0.15, -0.1) is 0 Å². The van der Waals surface area contributed by atoms with Crippen molar-refractivity contribution in [2.75, 3.05) is 6.61 Å². The molecule has 1 aromatic carbocycles. The van der Waals surface area contributed by atoms with Gasteiger partial charge in [-0.25, -0.2) is 0 Å². The van der Waals surface area contributed by atoms with Gasteiger partial charge in [0.2, 0.25) is 0 Å². The number of nitrogens with zero attached hydrogens (tertiary/aromatic N) is 2. The molecular weight excluding hydrogens is 453 g/mol. The number of hydrogen-bond donors (Lipinski definition) is 2. The molecule has 1 aliphatic rings. The second-order valence-electron chi connectivity index (χ2n) is 8.32. The van der Waals surface area contributed by atoms with E-state index in [2.05, 4.69) is 4.98 Å². The summed E-state index contributed by atoms with van der Waals surface area (Å²) in [5, 5.41) is 10.0. The molecule has 0 bridgehead atoms. The molecule has 0 aliphatic carbocycles. The summed E-state index contributed by atoms with van der Waals surface area (Å²) >= 11 is -0.0837. The molecule has 3 rings (SSSR count). The first kappa shape index (κ1) is 22.3. The number of ether oxygens (including phenoxy) is 1. The Morgan fingerprint density at radius 2 is 1.93 bits per heavy atom. The molecule has 30 heavy (non-hydrogen) atoms. The quantitative estimate of drug-likeness (QED) is 0.640. The van der Waals surface area contributed by atoms with Gasteiger partial charge < -0.3 is 0 Å². The number of aryl methyl sites for hydroxylation is 1. The molecule has 2 aromatic rings. The monoisotopic (exact) mass is 481 g/mol. The summed E-state index contributed by atoms with van der Waals surface area (Å²) < 4.78 is 8.11. The average Bonchev–Trinajstić information content (AvgIpc) is 3.02. The van der Waals surface area contributed by atoms with Gasteiger partial charge in [0.05, 0.1) is 0 Å². The summed E-state index contributed by atoms with van der Waals surface area (Å²) in [6, 6.07) is 9.38. The molecule has 2 N–H and O–H groups in total. The van der Waals surface area contributed by atoms with Crippen LogP contribution in [0.25, 0.3) is 0 Å². The van der Waals surface area contributed by atoms with Gasteiger partial charge in [0.1, 0.15) is 0 Å².